The first-order valence-corrected chi connectivity index (χ1v) is 10.5. The van der Waals surface area contributed by atoms with Gasteiger partial charge in [-0.05, 0) is 37.6 Å². The van der Waals surface area contributed by atoms with E-state index >= 15 is 0 Å². The van der Waals surface area contributed by atoms with Crippen LogP contribution < -0.4 is 5.32 Å². The van der Waals surface area contributed by atoms with Crippen molar-refractivity contribution in [3.8, 4) is 0 Å². The van der Waals surface area contributed by atoms with Gasteiger partial charge in [0, 0.05) is 16.2 Å². The minimum Gasteiger partial charge on any atom is -0.349 e. The van der Waals surface area contributed by atoms with Gasteiger partial charge in [0.25, 0.3) is 0 Å². The van der Waals surface area contributed by atoms with Gasteiger partial charge in [0.2, 0.25) is 5.91 Å². The maximum atomic E-state index is 13.1. The number of rotatable bonds is 5. The molecule has 2 unspecified atom stereocenters. The summed E-state index contributed by atoms with van der Waals surface area (Å²) in [6.45, 7) is 3.36. The number of hydrogen-bond acceptors (Lipinski definition) is 4. The Morgan fingerprint density at radius 1 is 1.13 bits per heavy atom. The summed E-state index contributed by atoms with van der Waals surface area (Å²) in [7, 11) is 0. The average molecular weight is 498 g/mol. The van der Waals surface area contributed by atoms with Crippen LogP contribution in [0.1, 0.15) is 31.0 Å². The summed E-state index contributed by atoms with van der Waals surface area (Å²) in [6, 6.07) is 5.32. The first kappa shape index (κ1) is 23.0. The van der Waals surface area contributed by atoms with Crippen LogP contribution in [-0.4, -0.2) is 25.8 Å². The molecule has 1 N–H and O–H groups in total. The number of amides is 1. The van der Waals surface area contributed by atoms with E-state index in [0.29, 0.717) is 15.6 Å². The van der Waals surface area contributed by atoms with E-state index in [1.54, 1.807) is 32.0 Å². The molecule has 0 saturated heterocycles. The second kappa shape index (κ2) is 8.82. The number of fused-ring (bicyclic) bond motifs is 1. The standard InChI is InChI=1S/C18H14Cl3F3N4OS/c1-8(12-4-3-11(19)6-13(12)20)25-16(29)9(2)30-17-27-26-15-14(21)5-10(7-28(15)17)18(22,23)24/h3-9H,1-2H3,(H,25,29). The second-order valence-electron chi connectivity index (χ2n) is 6.41. The number of nitrogens with zero attached hydrogens (tertiary/aromatic N) is 3. The quantitative estimate of drug-likeness (QED) is 0.435. The summed E-state index contributed by atoms with van der Waals surface area (Å²) >= 11 is 18.9. The van der Waals surface area contributed by atoms with E-state index < -0.39 is 23.0 Å². The zero-order valence-corrected chi connectivity index (χ0v) is 18.6. The van der Waals surface area contributed by atoms with E-state index in [-0.39, 0.29) is 21.7 Å². The SMILES string of the molecule is CC(Sc1nnc2c(Cl)cc(C(F)(F)F)cn12)C(=O)NC(C)c1ccc(Cl)cc1Cl. The molecule has 2 aromatic heterocycles. The number of carbonyl (C=O) groups is 1. The third kappa shape index (κ3) is 4.96. The number of halogens is 6. The molecule has 2 heterocycles. The number of hydrogen-bond donors (Lipinski definition) is 1. The number of thioether (sulfide) groups is 1. The molecule has 0 spiro atoms. The van der Waals surface area contributed by atoms with E-state index in [1.165, 1.54) is 0 Å². The lowest BCUT2D eigenvalue weighted by molar-refractivity contribution is -0.137. The van der Waals surface area contributed by atoms with Crippen molar-refractivity contribution < 1.29 is 18.0 Å². The van der Waals surface area contributed by atoms with Crippen LogP contribution in [0.3, 0.4) is 0 Å². The lowest BCUT2D eigenvalue weighted by Gasteiger charge is -2.18. The van der Waals surface area contributed by atoms with Gasteiger partial charge in [-0.25, -0.2) is 0 Å². The van der Waals surface area contributed by atoms with Crippen LogP contribution in [0.25, 0.3) is 5.65 Å². The van der Waals surface area contributed by atoms with Crippen LogP contribution in [-0.2, 0) is 11.0 Å². The maximum Gasteiger partial charge on any atom is 0.417 e. The number of alkyl halides is 3. The molecule has 0 fully saturated rings. The number of aromatic nitrogens is 3. The van der Waals surface area contributed by atoms with E-state index in [9.17, 15) is 18.0 Å². The molecule has 30 heavy (non-hydrogen) atoms. The fraction of sp³-hybridized carbons (Fsp3) is 0.278. The highest BCUT2D eigenvalue weighted by molar-refractivity contribution is 8.00. The number of nitrogens with one attached hydrogen (secondary N) is 1. The molecule has 1 aromatic carbocycles. The highest BCUT2D eigenvalue weighted by Crippen LogP contribution is 2.34. The topological polar surface area (TPSA) is 59.3 Å². The molecule has 1 amide bonds. The molecular weight excluding hydrogens is 484 g/mol. The van der Waals surface area contributed by atoms with Crippen molar-refractivity contribution in [1.29, 1.82) is 0 Å². The molecule has 2 atom stereocenters. The van der Waals surface area contributed by atoms with Gasteiger partial charge < -0.3 is 5.32 Å². The van der Waals surface area contributed by atoms with Crippen LogP contribution in [0.2, 0.25) is 15.1 Å². The number of benzene rings is 1. The molecule has 0 aliphatic carbocycles. The summed E-state index contributed by atoms with van der Waals surface area (Å²) < 4.78 is 40.4. The predicted octanol–water partition coefficient (Wildman–Crippen LogP) is 6.07. The Labute approximate surface area is 188 Å². The minimum atomic E-state index is -4.58. The molecule has 5 nitrogen and oxygen atoms in total. The molecule has 0 radical (unpaired) electrons. The number of pyridine rings is 1. The molecule has 160 valence electrons. The Morgan fingerprint density at radius 2 is 1.83 bits per heavy atom. The zero-order valence-electron chi connectivity index (χ0n) is 15.5. The molecule has 0 bridgehead atoms. The average Bonchev–Trinajstić information content (AvgIpc) is 3.04. The van der Waals surface area contributed by atoms with E-state index in [4.69, 9.17) is 34.8 Å². The van der Waals surface area contributed by atoms with Crippen molar-refractivity contribution in [3.63, 3.8) is 0 Å². The predicted molar refractivity (Wildman–Crippen MR) is 111 cm³/mol. The van der Waals surface area contributed by atoms with E-state index in [1.807, 2.05) is 0 Å². The van der Waals surface area contributed by atoms with Gasteiger partial charge >= 0.3 is 6.18 Å². The van der Waals surface area contributed by atoms with Crippen molar-refractivity contribution in [2.45, 2.75) is 36.5 Å². The highest BCUT2D eigenvalue weighted by Gasteiger charge is 2.32. The zero-order chi connectivity index (χ0) is 22.2. The summed E-state index contributed by atoms with van der Waals surface area (Å²) in [5.41, 5.74) is -0.188. The van der Waals surface area contributed by atoms with Gasteiger partial charge in [-0.15, -0.1) is 10.2 Å². The normalized spacial score (nSPS) is 14.0. The fourth-order valence-corrected chi connectivity index (χ4v) is 4.29. The van der Waals surface area contributed by atoms with Crippen molar-refractivity contribution in [1.82, 2.24) is 19.9 Å². The first-order valence-electron chi connectivity index (χ1n) is 8.51. The van der Waals surface area contributed by atoms with Crippen LogP contribution >= 0.6 is 46.6 Å². The summed E-state index contributed by atoms with van der Waals surface area (Å²) in [5, 5.41) is 10.6. The summed E-state index contributed by atoms with van der Waals surface area (Å²) in [4.78, 5) is 12.6. The van der Waals surface area contributed by atoms with Crippen LogP contribution in [0.4, 0.5) is 13.2 Å². The molecule has 0 saturated carbocycles. The van der Waals surface area contributed by atoms with E-state index in [2.05, 4.69) is 15.5 Å². The second-order valence-corrected chi connectivity index (χ2v) is 8.97. The Bertz CT molecular complexity index is 1110. The third-order valence-electron chi connectivity index (χ3n) is 4.20. The third-order valence-corrected chi connectivity index (χ3v) is 6.09. The lowest BCUT2D eigenvalue weighted by Crippen LogP contribution is -2.33. The molecule has 12 heteroatoms. The van der Waals surface area contributed by atoms with Crippen LogP contribution in [0, 0.1) is 0 Å². The highest BCUT2D eigenvalue weighted by atomic mass is 35.5. The van der Waals surface area contributed by atoms with E-state index in [0.717, 1.165) is 28.4 Å². The van der Waals surface area contributed by atoms with Gasteiger partial charge in [-0.1, -0.05) is 52.6 Å². The fourth-order valence-electron chi connectivity index (χ4n) is 2.64. The Hall–Kier alpha value is -1.68. The molecule has 0 aliphatic heterocycles. The largest absolute Gasteiger partial charge is 0.417 e. The Kier molecular flexibility index (Phi) is 6.76. The van der Waals surface area contributed by atoms with Crippen molar-refractivity contribution in [2.24, 2.45) is 0 Å². The Morgan fingerprint density at radius 3 is 2.47 bits per heavy atom. The molecule has 3 rings (SSSR count). The monoisotopic (exact) mass is 496 g/mol. The van der Waals surface area contributed by atoms with Gasteiger partial charge in [0.05, 0.1) is 21.9 Å². The van der Waals surface area contributed by atoms with Gasteiger partial charge in [-0.2, -0.15) is 13.2 Å². The molecule has 0 aliphatic rings. The smallest absolute Gasteiger partial charge is 0.349 e. The van der Waals surface area contributed by atoms with Gasteiger partial charge in [0.15, 0.2) is 10.8 Å². The molecule has 3 aromatic rings. The van der Waals surface area contributed by atoms with Crippen molar-refractivity contribution in [3.05, 3.63) is 56.7 Å². The van der Waals surface area contributed by atoms with Crippen LogP contribution in [0.15, 0.2) is 35.6 Å². The van der Waals surface area contributed by atoms with Crippen molar-refractivity contribution >= 4 is 58.1 Å². The molecular formula is C18H14Cl3F3N4OS. The van der Waals surface area contributed by atoms with Crippen molar-refractivity contribution in [2.75, 3.05) is 0 Å². The first-order chi connectivity index (χ1) is 14.0. The number of carbonyl (C=O) groups excluding carboxylic acids is 1. The lowest BCUT2D eigenvalue weighted by atomic mass is 10.1. The summed E-state index contributed by atoms with van der Waals surface area (Å²) in [5.74, 6) is -0.353. The van der Waals surface area contributed by atoms with Gasteiger partial charge in [-0.3, -0.25) is 9.20 Å². The Balaban J connectivity index is 1.78. The van der Waals surface area contributed by atoms with Gasteiger partial charge in [0.1, 0.15) is 0 Å². The maximum absolute atomic E-state index is 13.1. The summed E-state index contributed by atoms with van der Waals surface area (Å²) in [6.07, 6.45) is -3.73. The minimum absolute atomic E-state index is 0.0705. The van der Waals surface area contributed by atoms with Crippen LogP contribution in [0.5, 0.6) is 0 Å².